The van der Waals surface area contributed by atoms with E-state index in [2.05, 4.69) is 19.9 Å². The number of aromatic nitrogens is 4. The Bertz CT molecular complexity index is 1520. The maximum absolute atomic E-state index is 10.2. The second kappa shape index (κ2) is 11.4. The number of ether oxygens (including phenoxy) is 1. The third-order valence-electron chi connectivity index (χ3n) is 7.22. The van der Waals surface area contributed by atoms with Crippen molar-refractivity contribution in [3.8, 4) is 28.4 Å². The first-order valence-corrected chi connectivity index (χ1v) is 13.9. The summed E-state index contributed by atoms with van der Waals surface area (Å²) in [7, 11) is 4.08. The highest BCUT2D eigenvalue weighted by atomic mass is 35.5. The maximum atomic E-state index is 10.2. The van der Waals surface area contributed by atoms with Crippen molar-refractivity contribution in [3.05, 3.63) is 63.8 Å². The summed E-state index contributed by atoms with van der Waals surface area (Å²) in [6, 6.07) is 7.44. The molecule has 40 heavy (non-hydrogen) atoms. The van der Waals surface area contributed by atoms with Crippen LogP contribution in [0, 0.1) is 20.8 Å². The predicted molar refractivity (Wildman–Crippen MR) is 157 cm³/mol. The zero-order chi connectivity index (χ0) is 28.6. The minimum Gasteiger partial charge on any atom is -0.491 e. The summed E-state index contributed by atoms with van der Waals surface area (Å²) in [5.41, 5.74) is 7.26. The number of aliphatic hydroxyl groups excluding tert-OH is 1. The number of anilines is 2. The van der Waals surface area contributed by atoms with E-state index in [1.54, 1.807) is 12.1 Å². The van der Waals surface area contributed by atoms with Crippen molar-refractivity contribution in [2.24, 2.45) is 0 Å². The van der Waals surface area contributed by atoms with Crippen LogP contribution in [0.2, 0.25) is 5.02 Å². The highest BCUT2D eigenvalue weighted by Gasteiger charge is 2.29. The topological polar surface area (TPSA) is 101 Å². The van der Waals surface area contributed by atoms with Crippen molar-refractivity contribution in [1.82, 2.24) is 20.1 Å². The normalized spacial score (nSPS) is 13.4. The van der Waals surface area contributed by atoms with Gasteiger partial charge in [-0.05, 0) is 51.5 Å². The van der Waals surface area contributed by atoms with E-state index in [0.717, 1.165) is 46.1 Å². The first kappa shape index (κ1) is 27.9. The lowest BCUT2D eigenvalue weighted by Gasteiger charge is -2.22. The lowest BCUT2D eigenvalue weighted by atomic mass is 10.0. The van der Waals surface area contributed by atoms with Gasteiger partial charge in [-0.3, -0.25) is 4.98 Å². The van der Waals surface area contributed by atoms with E-state index < -0.39 is 6.10 Å². The second-order valence-electron chi connectivity index (χ2n) is 10.4. The number of rotatable bonds is 9. The van der Waals surface area contributed by atoms with Crippen LogP contribution < -0.4 is 14.5 Å². The average molecular weight is 563 g/mol. The number of halogens is 1. The Kier molecular flexibility index (Phi) is 7.96. The molecule has 0 amide bonds. The summed E-state index contributed by atoms with van der Waals surface area (Å²) in [5, 5.41) is 14.8. The van der Waals surface area contributed by atoms with Crippen LogP contribution in [0.15, 0.2) is 35.0 Å². The fourth-order valence-corrected chi connectivity index (χ4v) is 5.40. The molecule has 3 aromatic heterocycles. The molecule has 1 N–H and O–H groups in total. The summed E-state index contributed by atoms with van der Waals surface area (Å²) in [6.45, 7) is 9.35. The highest BCUT2D eigenvalue weighted by molar-refractivity contribution is 6.33. The van der Waals surface area contributed by atoms with Crippen LogP contribution in [-0.2, 0) is 13.1 Å². The van der Waals surface area contributed by atoms with Gasteiger partial charge in [-0.15, -0.1) is 0 Å². The monoisotopic (exact) mass is 562 g/mol. The molecule has 9 nitrogen and oxygen atoms in total. The van der Waals surface area contributed by atoms with E-state index in [9.17, 15) is 5.11 Å². The zero-order valence-electron chi connectivity index (χ0n) is 23.8. The van der Waals surface area contributed by atoms with Crippen LogP contribution in [0.1, 0.15) is 48.0 Å². The first-order chi connectivity index (χ1) is 19.2. The highest BCUT2D eigenvalue weighted by Crippen LogP contribution is 2.40. The molecular formula is C30H35ClN6O3. The molecule has 4 aromatic rings. The van der Waals surface area contributed by atoms with E-state index in [0.29, 0.717) is 47.4 Å². The molecule has 0 unspecified atom stereocenters. The number of nitrogens with zero attached hydrogens (tertiary/aromatic N) is 6. The number of pyridine rings is 1. The van der Waals surface area contributed by atoms with Gasteiger partial charge in [0.25, 0.3) is 0 Å². The lowest BCUT2D eigenvalue weighted by molar-refractivity contribution is 0.0994. The van der Waals surface area contributed by atoms with E-state index in [1.165, 1.54) is 5.56 Å². The molecule has 1 aliphatic heterocycles. The smallest absolute Gasteiger partial charge is 0.163 e. The number of hydrogen-bond acceptors (Lipinski definition) is 9. The number of fused-ring (bicyclic) bond motifs is 1. The van der Waals surface area contributed by atoms with Gasteiger partial charge >= 0.3 is 0 Å². The van der Waals surface area contributed by atoms with Crippen LogP contribution in [0.3, 0.4) is 0 Å². The molecule has 0 saturated carbocycles. The molecule has 0 bridgehead atoms. The summed E-state index contributed by atoms with van der Waals surface area (Å²) in [6.07, 6.45) is 2.88. The van der Waals surface area contributed by atoms with E-state index in [1.807, 2.05) is 60.1 Å². The van der Waals surface area contributed by atoms with Crippen LogP contribution in [0.5, 0.6) is 5.75 Å². The Morgan fingerprint density at radius 3 is 2.65 bits per heavy atom. The standard InChI is InChI=1S/C30H35ClN6O3/c1-7-8-20(38)16-39-21-9-10-24(31)22(13-21)29-33-28(27-18(3)35-40-19(27)4)17(2)30(34-29)37-14-23-25(15-37)32-12-11-26(23)36(5)6/h9-13,20,38H,7-8,14-16H2,1-6H3/t20-/m1/s1. The molecule has 0 aliphatic carbocycles. The second-order valence-corrected chi connectivity index (χ2v) is 10.9. The Hall–Kier alpha value is -3.69. The minimum absolute atomic E-state index is 0.201. The van der Waals surface area contributed by atoms with Gasteiger partial charge in [-0.25, -0.2) is 9.97 Å². The quantitative estimate of drug-likeness (QED) is 0.267. The van der Waals surface area contributed by atoms with Gasteiger partial charge in [-0.2, -0.15) is 0 Å². The number of benzene rings is 1. The summed E-state index contributed by atoms with van der Waals surface area (Å²) in [5.74, 6) is 2.54. The van der Waals surface area contributed by atoms with Gasteiger partial charge in [0.15, 0.2) is 5.82 Å². The Morgan fingerprint density at radius 2 is 1.95 bits per heavy atom. The molecule has 5 rings (SSSR count). The minimum atomic E-state index is -0.532. The predicted octanol–water partition coefficient (Wildman–Crippen LogP) is 5.90. The Labute approximate surface area is 239 Å². The summed E-state index contributed by atoms with van der Waals surface area (Å²) < 4.78 is 11.4. The number of hydrogen-bond donors (Lipinski definition) is 1. The molecule has 1 atom stereocenters. The van der Waals surface area contributed by atoms with Gasteiger partial charge in [0.1, 0.15) is 23.9 Å². The van der Waals surface area contributed by atoms with Crippen molar-refractivity contribution in [3.63, 3.8) is 0 Å². The molecule has 10 heteroatoms. The van der Waals surface area contributed by atoms with Crippen molar-refractivity contribution in [1.29, 1.82) is 0 Å². The molecule has 1 aromatic carbocycles. The molecule has 0 radical (unpaired) electrons. The average Bonchev–Trinajstić information content (AvgIpc) is 3.51. The van der Waals surface area contributed by atoms with Gasteiger partial charge < -0.3 is 24.2 Å². The van der Waals surface area contributed by atoms with Crippen molar-refractivity contribution < 1.29 is 14.4 Å². The molecule has 1 aliphatic rings. The molecule has 0 fully saturated rings. The van der Waals surface area contributed by atoms with Gasteiger partial charge in [0, 0.05) is 49.2 Å². The van der Waals surface area contributed by atoms with Gasteiger partial charge in [-0.1, -0.05) is 30.1 Å². The van der Waals surface area contributed by atoms with Crippen LogP contribution in [0.25, 0.3) is 22.6 Å². The van der Waals surface area contributed by atoms with Gasteiger partial charge in [0.2, 0.25) is 0 Å². The van der Waals surface area contributed by atoms with Gasteiger partial charge in [0.05, 0.1) is 40.3 Å². The van der Waals surface area contributed by atoms with E-state index in [-0.39, 0.29) is 6.61 Å². The van der Waals surface area contributed by atoms with Crippen LogP contribution in [-0.4, -0.2) is 52.0 Å². The van der Waals surface area contributed by atoms with Crippen molar-refractivity contribution >= 4 is 23.1 Å². The largest absolute Gasteiger partial charge is 0.491 e. The van der Waals surface area contributed by atoms with Crippen LogP contribution >= 0.6 is 11.6 Å². The lowest BCUT2D eigenvalue weighted by Crippen LogP contribution is -2.19. The molecular weight excluding hydrogens is 528 g/mol. The number of aryl methyl sites for hydroxylation is 2. The molecule has 210 valence electrons. The van der Waals surface area contributed by atoms with E-state index >= 15 is 0 Å². The summed E-state index contributed by atoms with van der Waals surface area (Å²) >= 11 is 6.72. The SMILES string of the molecule is CCC[C@@H](O)COc1ccc(Cl)c(-c2nc(-c3c(C)noc3C)c(C)c(N3Cc4nccc(N(C)C)c4C3)n2)c1. The van der Waals surface area contributed by atoms with Crippen molar-refractivity contribution in [2.75, 3.05) is 30.5 Å². The zero-order valence-corrected chi connectivity index (χ0v) is 24.6. The first-order valence-electron chi connectivity index (χ1n) is 13.5. The molecule has 0 saturated heterocycles. The van der Waals surface area contributed by atoms with Crippen molar-refractivity contribution in [2.45, 2.75) is 59.7 Å². The third-order valence-corrected chi connectivity index (χ3v) is 7.55. The fraction of sp³-hybridized carbons (Fsp3) is 0.400. The van der Waals surface area contributed by atoms with E-state index in [4.69, 9.17) is 30.8 Å². The third kappa shape index (κ3) is 5.36. The maximum Gasteiger partial charge on any atom is 0.163 e. The summed E-state index contributed by atoms with van der Waals surface area (Å²) in [4.78, 5) is 19.1. The molecule has 0 spiro atoms. The van der Waals surface area contributed by atoms with Crippen LogP contribution in [0.4, 0.5) is 11.5 Å². The number of aliphatic hydroxyl groups is 1. The fourth-order valence-electron chi connectivity index (χ4n) is 5.20. The Morgan fingerprint density at radius 1 is 1.15 bits per heavy atom. The molecule has 4 heterocycles. The Balaban J connectivity index is 1.61.